The van der Waals surface area contributed by atoms with Crippen molar-refractivity contribution < 1.29 is 15.0 Å². The molecule has 1 aromatic heterocycles. The molecule has 1 fully saturated rings. The predicted octanol–water partition coefficient (Wildman–Crippen LogP) is 1.81. The van der Waals surface area contributed by atoms with Crippen molar-refractivity contribution in [3.8, 4) is 0 Å². The van der Waals surface area contributed by atoms with Gasteiger partial charge in [0.15, 0.2) is 0 Å². The second-order valence-corrected chi connectivity index (χ2v) is 6.18. The smallest absolute Gasteiger partial charge is 0.407 e. The number of nitrogens with zero attached hydrogens (tertiary/aromatic N) is 4. The van der Waals surface area contributed by atoms with Crippen LogP contribution in [-0.2, 0) is 0 Å². The number of benzene rings is 1. The SMILES string of the molecule is O=C(O)N1CCCN(c2cc(NCC(O)c3ccccc3)ncn2)CC1. The van der Waals surface area contributed by atoms with Crippen LogP contribution in [0.15, 0.2) is 42.7 Å². The summed E-state index contributed by atoms with van der Waals surface area (Å²) >= 11 is 0. The van der Waals surface area contributed by atoms with E-state index in [-0.39, 0.29) is 0 Å². The Morgan fingerprint density at radius 1 is 1.15 bits per heavy atom. The maximum atomic E-state index is 11.1. The molecule has 3 N–H and O–H groups in total. The minimum absolute atomic E-state index is 0.341. The van der Waals surface area contributed by atoms with Crippen LogP contribution in [0.5, 0.6) is 0 Å². The van der Waals surface area contributed by atoms with Crippen LogP contribution in [0.1, 0.15) is 18.1 Å². The van der Waals surface area contributed by atoms with E-state index in [1.807, 2.05) is 36.4 Å². The number of anilines is 2. The normalized spacial score (nSPS) is 16.0. The Bertz CT molecular complexity index is 728. The van der Waals surface area contributed by atoms with Crippen molar-refractivity contribution in [1.29, 1.82) is 0 Å². The Balaban J connectivity index is 1.60. The highest BCUT2D eigenvalue weighted by Gasteiger charge is 2.19. The van der Waals surface area contributed by atoms with E-state index in [1.54, 1.807) is 0 Å². The lowest BCUT2D eigenvalue weighted by Gasteiger charge is -2.22. The largest absolute Gasteiger partial charge is 0.465 e. The summed E-state index contributed by atoms with van der Waals surface area (Å²) in [7, 11) is 0. The summed E-state index contributed by atoms with van der Waals surface area (Å²) in [6.07, 6.45) is 0.724. The van der Waals surface area contributed by atoms with Crippen molar-refractivity contribution in [3.05, 3.63) is 48.3 Å². The van der Waals surface area contributed by atoms with Crippen LogP contribution in [0.2, 0.25) is 0 Å². The monoisotopic (exact) mass is 357 g/mol. The number of aliphatic hydroxyl groups is 1. The summed E-state index contributed by atoms with van der Waals surface area (Å²) in [5.41, 5.74) is 0.843. The Morgan fingerprint density at radius 3 is 2.73 bits per heavy atom. The van der Waals surface area contributed by atoms with Crippen LogP contribution in [0.4, 0.5) is 16.4 Å². The van der Waals surface area contributed by atoms with Crippen molar-refractivity contribution >= 4 is 17.7 Å². The molecule has 1 aliphatic heterocycles. The van der Waals surface area contributed by atoms with Gasteiger partial charge in [-0.1, -0.05) is 30.3 Å². The number of aromatic nitrogens is 2. The molecule has 0 aliphatic carbocycles. The van der Waals surface area contributed by atoms with E-state index in [4.69, 9.17) is 5.11 Å². The van der Waals surface area contributed by atoms with Gasteiger partial charge in [-0.2, -0.15) is 0 Å². The zero-order chi connectivity index (χ0) is 18.4. The summed E-state index contributed by atoms with van der Waals surface area (Å²) < 4.78 is 0. The number of hydrogen-bond donors (Lipinski definition) is 3. The van der Waals surface area contributed by atoms with Crippen molar-refractivity contribution in [1.82, 2.24) is 14.9 Å². The zero-order valence-electron chi connectivity index (χ0n) is 14.5. The first-order valence-electron chi connectivity index (χ1n) is 8.65. The van der Waals surface area contributed by atoms with Gasteiger partial charge in [-0.15, -0.1) is 0 Å². The average Bonchev–Trinajstić information content (AvgIpc) is 2.93. The summed E-state index contributed by atoms with van der Waals surface area (Å²) in [6.45, 7) is 2.66. The van der Waals surface area contributed by atoms with Gasteiger partial charge in [0, 0.05) is 38.8 Å². The Labute approximate surface area is 152 Å². The first-order valence-corrected chi connectivity index (χ1v) is 8.65. The molecule has 0 saturated carbocycles. The van der Waals surface area contributed by atoms with Crippen LogP contribution < -0.4 is 10.2 Å². The quantitative estimate of drug-likeness (QED) is 0.750. The van der Waals surface area contributed by atoms with Gasteiger partial charge < -0.3 is 25.3 Å². The molecule has 8 nitrogen and oxygen atoms in total. The summed E-state index contributed by atoms with van der Waals surface area (Å²) in [5.74, 6) is 1.38. The zero-order valence-corrected chi connectivity index (χ0v) is 14.5. The number of rotatable bonds is 5. The van der Waals surface area contributed by atoms with Gasteiger partial charge in [0.05, 0.1) is 6.10 Å². The first kappa shape index (κ1) is 17.9. The van der Waals surface area contributed by atoms with Gasteiger partial charge in [-0.3, -0.25) is 0 Å². The molecule has 138 valence electrons. The van der Waals surface area contributed by atoms with Crippen molar-refractivity contribution in [3.63, 3.8) is 0 Å². The Morgan fingerprint density at radius 2 is 1.96 bits per heavy atom. The van der Waals surface area contributed by atoms with E-state index in [0.29, 0.717) is 32.0 Å². The van der Waals surface area contributed by atoms with Gasteiger partial charge in [-0.25, -0.2) is 14.8 Å². The lowest BCUT2D eigenvalue weighted by molar-refractivity contribution is 0.148. The summed E-state index contributed by atoms with van der Waals surface area (Å²) in [6, 6.07) is 11.3. The molecule has 3 rings (SSSR count). The third-order valence-electron chi connectivity index (χ3n) is 4.40. The third kappa shape index (κ3) is 4.60. The van der Waals surface area contributed by atoms with E-state index in [0.717, 1.165) is 24.3 Å². The number of hydrogen-bond acceptors (Lipinski definition) is 6. The summed E-state index contributed by atoms with van der Waals surface area (Å²) in [5, 5.41) is 22.5. The summed E-state index contributed by atoms with van der Waals surface area (Å²) in [4.78, 5) is 23.1. The number of amides is 1. The second kappa shape index (κ2) is 8.48. The predicted molar refractivity (Wildman–Crippen MR) is 98.4 cm³/mol. The maximum Gasteiger partial charge on any atom is 0.407 e. The topological polar surface area (TPSA) is 102 Å². The highest BCUT2D eigenvalue weighted by atomic mass is 16.4. The fourth-order valence-corrected chi connectivity index (χ4v) is 2.95. The van der Waals surface area contributed by atoms with Crippen LogP contribution in [0.25, 0.3) is 0 Å². The van der Waals surface area contributed by atoms with Crippen LogP contribution in [-0.4, -0.2) is 63.9 Å². The molecular formula is C18H23N5O3. The van der Waals surface area contributed by atoms with Crippen molar-refractivity contribution in [2.24, 2.45) is 0 Å². The third-order valence-corrected chi connectivity index (χ3v) is 4.40. The number of aliphatic hydroxyl groups excluding tert-OH is 1. The fourth-order valence-electron chi connectivity index (χ4n) is 2.95. The molecule has 0 radical (unpaired) electrons. The highest BCUT2D eigenvalue weighted by molar-refractivity contribution is 5.65. The molecule has 1 amide bonds. The van der Waals surface area contributed by atoms with Gasteiger partial charge in [0.25, 0.3) is 0 Å². The van der Waals surface area contributed by atoms with Gasteiger partial charge in [-0.05, 0) is 12.0 Å². The van der Waals surface area contributed by atoms with Gasteiger partial charge in [0.1, 0.15) is 18.0 Å². The number of carbonyl (C=O) groups is 1. The molecule has 8 heteroatoms. The molecule has 2 aromatic rings. The van der Waals surface area contributed by atoms with Gasteiger partial charge >= 0.3 is 6.09 Å². The Kier molecular flexibility index (Phi) is 5.85. The number of nitrogens with one attached hydrogen (secondary N) is 1. The Hall–Kier alpha value is -2.87. The molecule has 1 aliphatic rings. The average molecular weight is 357 g/mol. The van der Waals surface area contributed by atoms with E-state index in [9.17, 15) is 9.90 Å². The van der Waals surface area contributed by atoms with Crippen LogP contribution >= 0.6 is 0 Å². The standard InChI is InChI=1S/C18H23N5O3/c24-15(14-5-2-1-3-6-14)12-19-16-11-17(21-13-20-16)22-7-4-8-23(10-9-22)18(25)26/h1-3,5-6,11,13,15,24H,4,7-10,12H2,(H,25,26)(H,19,20,21). The van der Waals surface area contributed by atoms with Crippen LogP contribution in [0.3, 0.4) is 0 Å². The fraction of sp³-hybridized carbons (Fsp3) is 0.389. The lowest BCUT2D eigenvalue weighted by Crippen LogP contribution is -2.34. The van der Waals surface area contributed by atoms with E-state index in [1.165, 1.54) is 11.2 Å². The lowest BCUT2D eigenvalue weighted by atomic mass is 10.1. The highest BCUT2D eigenvalue weighted by Crippen LogP contribution is 2.18. The first-order chi connectivity index (χ1) is 12.6. The molecular weight excluding hydrogens is 334 g/mol. The van der Waals surface area contributed by atoms with Gasteiger partial charge in [0.2, 0.25) is 0 Å². The maximum absolute atomic E-state index is 11.1. The molecule has 1 saturated heterocycles. The van der Waals surface area contributed by atoms with E-state index in [2.05, 4.69) is 20.2 Å². The molecule has 1 atom stereocenters. The van der Waals surface area contributed by atoms with Crippen molar-refractivity contribution in [2.75, 3.05) is 42.9 Å². The van der Waals surface area contributed by atoms with Crippen LogP contribution in [0, 0.1) is 0 Å². The second-order valence-electron chi connectivity index (χ2n) is 6.18. The molecule has 26 heavy (non-hydrogen) atoms. The van der Waals surface area contributed by atoms with E-state index < -0.39 is 12.2 Å². The minimum Gasteiger partial charge on any atom is -0.465 e. The minimum atomic E-state index is -0.883. The molecule has 2 heterocycles. The molecule has 0 bridgehead atoms. The van der Waals surface area contributed by atoms with E-state index >= 15 is 0 Å². The molecule has 0 spiro atoms. The molecule has 1 unspecified atom stereocenters. The molecule has 1 aromatic carbocycles. The number of carboxylic acid groups (broad SMARTS) is 1. The van der Waals surface area contributed by atoms with Crippen molar-refractivity contribution in [2.45, 2.75) is 12.5 Å².